The summed E-state index contributed by atoms with van der Waals surface area (Å²) in [6.07, 6.45) is 3.07. The van der Waals surface area contributed by atoms with E-state index < -0.39 is 21.0 Å². The third kappa shape index (κ3) is 5.27. The molecule has 0 unspecified atom stereocenters. The van der Waals surface area contributed by atoms with Gasteiger partial charge in [-0.2, -0.15) is 0 Å². The maximum absolute atomic E-state index is 12.9. The maximum atomic E-state index is 12.9. The van der Waals surface area contributed by atoms with Crippen molar-refractivity contribution in [3.05, 3.63) is 59.5 Å². The minimum absolute atomic E-state index is 0. The minimum Gasteiger partial charge on any atom is -0.366 e. The average molecular weight is 428 g/mol. The highest BCUT2D eigenvalue weighted by Gasteiger charge is 2.32. The van der Waals surface area contributed by atoms with Crippen LogP contribution in [0.5, 0.6) is 0 Å². The van der Waals surface area contributed by atoms with Gasteiger partial charge < -0.3 is 10.6 Å². The molecule has 0 radical (unpaired) electrons. The molecular formula is C19H23ClFN3O3S. The maximum Gasteiger partial charge on any atom is 0.250 e. The summed E-state index contributed by atoms with van der Waals surface area (Å²) in [5.41, 5.74) is 6.40. The van der Waals surface area contributed by atoms with E-state index in [1.165, 1.54) is 30.5 Å². The molecule has 1 amide bonds. The molecule has 2 heterocycles. The van der Waals surface area contributed by atoms with E-state index in [-0.39, 0.29) is 28.8 Å². The van der Waals surface area contributed by atoms with Crippen molar-refractivity contribution in [2.24, 2.45) is 5.73 Å². The number of hydrogen-bond acceptors (Lipinski definition) is 5. The van der Waals surface area contributed by atoms with Crippen LogP contribution < -0.4 is 5.73 Å². The molecule has 152 valence electrons. The van der Waals surface area contributed by atoms with Gasteiger partial charge in [0.05, 0.1) is 10.8 Å². The second-order valence-corrected chi connectivity index (χ2v) is 8.89. The summed E-state index contributed by atoms with van der Waals surface area (Å²) >= 11 is 0. The van der Waals surface area contributed by atoms with Gasteiger partial charge in [-0.05, 0) is 62.2 Å². The molecule has 1 saturated heterocycles. The smallest absolute Gasteiger partial charge is 0.250 e. The first kappa shape index (κ1) is 22.3. The van der Waals surface area contributed by atoms with Crippen molar-refractivity contribution >= 4 is 28.2 Å². The van der Waals surface area contributed by atoms with E-state index in [1.807, 2.05) is 0 Å². The van der Waals surface area contributed by atoms with Crippen LogP contribution in [-0.2, 0) is 16.3 Å². The normalized spacial score (nSPS) is 15.8. The molecule has 1 aromatic heterocycles. The van der Waals surface area contributed by atoms with Gasteiger partial charge in [0.1, 0.15) is 5.82 Å². The van der Waals surface area contributed by atoms with Crippen molar-refractivity contribution in [3.8, 4) is 0 Å². The third-order valence-electron chi connectivity index (χ3n) is 4.92. The van der Waals surface area contributed by atoms with Gasteiger partial charge in [-0.25, -0.2) is 17.8 Å². The Kier molecular flexibility index (Phi) is 7.51. The zero-order chi connectivity index (χ0) is 19.4. The molecule has 0 spiro atoms. The van der Waals surface area contributed by atoms with Crippen LogP contribution in [0.15, 0.2) is 47.6 Å². The Balaban J connectivity index is 0.00000280. The number of likely N-dealkylation sites (tertiary alicyclic amines) is 1. The van der Waals surface area contributed by atoms with E-state index >= 15 is 0 Å². The number of nitrogens with two attached hydrogens (primary N) is 1. The van der Waals surface area contributed by atoms with Gasteiger partial charge >= 0.3 is 0 Å². The first-order chi connectivity index (χ1) is 12.9. The predicted octanol–water partition coefficient (Wildman–Crippen LogP) is 2.22. The van der Waals surface area contributed by atoms with E-state index in [0.717, 1.165) is 18.5 Å². The van der Waals surface area contributed by atoms with Gasteiger partial charge in [0.2, 0.25) is 5.91 Å². The number of pyridine rings is 1. The molecule has 2 aromatic rings. The number of hydrogen-bond donors (Lipinski definition) is 1. The van der Waals surface area contributed by atoms with Crippen LogP contribution in [-0.4, -0.2) is 49.1 Å². The van der Waals surface area contributed by atoms with E-state index in [4.69, 9.17) is 5.73 Å². The van der Waals surface area contributed by atoms with E-state index in [0.29, 0.717) is 25.9 Å². The topological polar surface area (TPSA) is 93.4 Å². The third-order valence-corrected chi connectivity index (χ3v) is 7.09. The summed E-state index contributed by atoms with van der Waals surface area (Å²) in [5, 5.41) is -0.497. The molecule has 1 aromatic carbocycles. The van der Waals surface area contributed by atoms with Crippen LogP contribution in [0.2, 0.25) is 0 Å². The van der Waals surface area contributed by atoms with Crippen molar-refractivity contribution in [1.29, 1.82) is 0 Å². The number of primary amides is 1. The number of carbonyl (C=O) groups is 1. The van der Waals surface area contributed by atoms with Crippen LogP contribution in [0.1, 0.15) is 28.8 Å². The lowest BCUT2D eigenvalue weighted by Crippen LogP contribution is -2.40. The van der Waals surface area contributed by atoms with E-state index in [2.05, 4.69) is 9.88 Å². The molecule has 2 N–H and O–H groups in total. The number of sulfone groups is 1. The second-order valence-electron chi connectivity index (χ2n) is 6.71. The van der Waals surface area contributed by atoms with Crippen molar-refractivity contribution in [2.75, 3.05) is 19.6 Å². The monoisotopic (exact) mass is 427 g/mol. The number of piperidine rings is 1. The SMILES string of the molecule is Cl.NC(=O)c1ccc(S(=O)(=O)C2CCN(CCc3ccc(F)cc3)CC2)nc1. The summed E-state index contributed by atoms with van der Waals surface area (Å²) in [5.74, 6) is -0.886. The molecule has 3 rings (SSSR count). The Morgan fingerprint density at radius 1 is 1.14 bits per heavy atom. The number of aromatic nitrogens is 1. The standard InChI is InChI=1S/C19H22FN3O3S.ClH/c20-16-4-1-14(2-5-16)7-10-23-11-8-17(9-12-23)27(25,26)18-6-3-15(13-22-18)19(21)24;/h1-6,13,17H,7-12H2,(H2,21,24);1H. The van der Waals surface area contributed by atoms with Gasteiger partial charge in [0.15, 0.2) is 14.9 Å². The van der Waals surface area contributed by atoms with Crippen LogP contribution in [0.3, 0.4) is 0 Å². The summed E-state index contributed by atoms with van der Waals surface area (Å²) in [4.78, 5) is 17.2. The molecule has 0 aliphatic carbocycles. The highest BCUT2D eigenvalue weighted by molar-refractivity contribution is 7.92. The van der Waals surface area contributed by atoms with Gasteiger partial charge in [-0.1, -0.05) is 12.1 Å². The fourth-order valence-electron chi connectivity index (χ4n) is 3.25. The fourth-order valence-corrected chi connectivity index (χ4v) is 4.88. The number of benzene rings is 1. The fraction of sp³-hybridized carbons (Fsp3) is 0.368. The second kappa shape index (κ2) is 9.45. The molecule has 0 bridgehead atoms. The number of nitrogens with zero attached hydrogens (tertiary/aromatic N) is 2. The quantitative estimate of drug-likeness (QED) is 0.762. The first-order valence-corrected chi connectivity index (χ1v) is 10.4. The van der Waals surface area contributed by atoms with Crippen LogP contribution in [0.25, 0.3) is 0 Å². The average Bonchev–Trinajstić information content (AvgIpc) is 2.68. The molecule has 9 heteroatoms. The predicted molar refractivity (Wildman–Crippen MR) is 107 cm³/mol. The Morgan fingerprint density at radius 3 is 2.32 bits per heavy atom. The van der Waals surface area contributed by atoms with Crippen LogP contribution >= 0.6 is 12.4 Å². The van der Waals surface area contributed by atoms with Crippen molar-refractivity contribution < 1.29 is 17.6 Å². The highest BCUT2D eigenvalue weighted by atomic mass is 35.5. The molecule has 0 saturated carbocycles. The van der Waals surface area contributed by atoms with Gasteiger partial charge in [0, 0.05) is 12.7 Å². The van der Waals surface area contributed by atoms with E-state index in [1.54, 1.807) is 12.1 Å². The number of amides is 1. The number of rotatable bonds is 6. The lowest BCUT2D eigenvalue weighted by atomic mass is 10.1. The Bertz CT molecular complexity index is 897. The first-order valence-electron chi connectivity index (χ1n) is 8.83. The highest BCUT2D eigenvalue weighted by Crippen LogP contribution is 2.23. The largest absolute Gasteiger partial charge is 0.366 e. The van der Waals surface area contributed by atoms with Crippen molar-refractivity contribution in [1.82, 2.24) is 9.88 Å². The summed E-state index contributed by atoms with van der Waals surface area (Å²) in [7, 11) is -3.53. The van der Waals surface area contributed by atoms with Crippen LogP contribution in [0.4, 0.5) is 4.39 Å². The minimum atomic E-state index is -3.53. The Hall–Kier alpha value is -2.03. The summed E-state index contributed by atoms with van der Waals surface area (Å²) in [6, 6.07) is 9.17. The molecule has 28 heavy (non-hydrogen) atoms. The molecule has 1 fully saturated rings. The Morgan fingerprint density at radius 2 is 1.79 bits per heavy atom. The Labute approximate surface area is 170 Å². The number of carbonyl (C=O) groups excluding carboxylic acids is 1. The van der Waals surface area contributed by atoms with Gasteiger partial charge in [0.25, 0.3) is 0 Å². The van der Waals surface area contributed by atoms with Gasteiger partial charge in [-0.3, -0.25) is 4.79 Å². The molecule has 6 nitrogen and oxygen atoms in total. The molecule has 0 atom stereocenters. The van der Waals surface area contributed by atoms with Crippen molar-refractivity contribution in [2.45, 2.75) is 29.5 Å². The molecule has 1 aliphatic rings. The lowest BCUT2D eigenvalue weighted by molar-refractivity contribution is 0.1000. The summed E-state index contributed by atoms with van der Waals surface area (Å²) in [6.45, 7) is 2.18. The van der Waals surface area contributed by atoms with Gasteiger partial charge in [-0.15, -0.1) is 12.4 Å². The zero-order valence-corrected chi connectivity index (χ0v) is 16.9. The van der Waals surface area contributed by atoms with Crippen molar-refractivity contribution in [3.63, 3.8) is 0 Å². The molecular weight excluding hydrogens is 405 g/mol. The zero-order valence-electron chi connectivity index (χ0n) is 15.3. The summed E-state index contributed by atoms with van der Waals surface area (Å²) < 4.78 is 38.4. The number of halogens is 2. The molecule has 1 aliphatic heterocycles. The lowest BCUT2D eigenvalue weighted by Gasteiger charge is -2.31. The van der Waals surface area contributed by atoms with Crippen LogP contribution in [0, 0.1) is 5.82 Å². The van der Waals surface area contributed by atoms with E-state index in [9.17, 15) is 17.6 Å².